The fourth-order valence-corrected chi connectivity index (χ4v) is 3.48. The van der Waals surface area contributed by atoms with Gasteiger partial charge in [0.05, 0.1) is 13.2 Å². The van der Waals surface area contributed by atoms with Crippen molar-refractivity contribution in [2.75, 3.05) is 13.2 Å². The van der Waals surface area contributed by atoms with Crippen LogP contribution in [0.1, 0.15) is 29.5 Å². The lowest BCUT2D eigenvalue weighted by molar-refractivity contribution is 0.0795. The van der Waals surface area contributed by atoms with Crippen LogP contribution >= 0.6 is 0 Å². The number of hydrogen-bond acceptors (Lipinski definition) is 4. The fraction of sp³-hybridized carbons (Fsp3) is 0.333. The lowest BCUT2D eigenvalue weighted by atomic mass is 10.0. The van der Waals surface area contributed by atoms with Crippen molar-refractivity contribution >= 4 is 0 Å². The molecule has 2 heterocycles. The third-order valence-electron chi connectivity index (χ3n) is 4.83. The number of benzene rings is 2. The monoisotopic (exact) mass is 348 g/mol. The first kappa shape index (κ1) is 16.9. The summed E-state index contributed by atoms with van der Waals surface area (Å²) >= 11 is 0. The van der Waals surface area contributed by atoms with E-state index in [9.17, 15) is 0 Å². The molecule has 3 aromatic rings. The number of aromatic nitrogens is 3. The summed E-state index contributed by atoms with van der Waals surface area (Å²) in [6.45, 7) is 2.37. The lowest BCUT2D eigenvalue weighted by Crippen LogP contribution is -2.39. The van der Waals surface area contributed by atoms with Crippen molar-refractivity contribution in [3.8, 4) is 0 Å². The van der Waals surface area contributed by atoms with Crippen molar-refractivity contribution < 1.29 is 4.74 Å². The minimum atomic E-state index is -0.0347. The molecule has 5 heteroatoms. The molecule has 1 aliphatic rings. The Kier molecular flexibility index (Phi) is 5.38. The molecule has 134 valence electrons. The lowest BCUT2D eigenvalue weighted by Gasteiger charge is -2.24. The van der Waals surface area contributed by atoms with Crippen LogP contribution in [0.15, 0.2) is 67.0 Å². The Bertz CT molecular complexity index is 764. The third-order valence-corrected chi connectivity index (χ3v) is 4.83. The molecule has 0 saturated carbocycles. The van der Waals surface area contributed by atoms with Crippen LogP contribution in [0.2, 0.25) is 0 Å². The Morgan fingerprint density at radius 1 is 1.04 bits per heavy atom. The highest BCUT2D eigenvalue weighted by Gasteiger charge is 2.19. The van der Waals surface area contributed by atoms with Crippen LogP contribution in [0.5, 0.6) is 0 Å². The van der Waals surface area contributed by atoms with Gasteiger partial charge in [-0.2, -0.15) is 5.10 Å². The summed E-state index contributed by atoms with van der Waals surface area (Å²) in [6.07, 6.45) is 3.69. The van der Waals surface area contributed by atoms with E-state index in [-0.39, 0.29) is 6.10 Å². The van der Waals surface area contributed by atoms with E-state index >= 15 is 0 Å². The Labute approximate surface area is 154 Å². The average molecular weight is 348 g/mol. The molecule has 1 aromatic heterocycles. The van der Waals surface area contributed by atoms with Gasteiger partial charge in [-0.15, -0.1) is 0 Å². The van der Waals surface area contributed by atoms with Gasteiger partial charge in [0.1, 0.15) is 18.3 Å². The standard InChI is InChI=1S/C21H24N4O/c1-3-7-17(8-4-1)21(18-9-5-2-6-10-18)26-14-13-22-19-11-12-20-23-16-24-25(20)15-19/h1-10,16,19,21-22H,11-15H2/t19-/m1/s1. The van der Waals surface area contributed by atoms with E-state index in [0.717, 1.165) is 31.8 Å². The molecule has 0 amide bonds. The Morgan fingerprint density at radius 3 is 2.42 bits per heavy atom. The van der Waals surface area contributed by atoms with Crippen molar-refractivity contribution in [1.29, 1.82) is 0 Å². The van der Waals surface area contributed by atoms with E-state index < -0.39 is 0 Å². The van der Waals surface area contributed by atoms with Crippen molar-refractivity contribution in [3.05, 3.63) is 83.9 Å². The van der Waals surface area contributed by atoms with Crippen molar-refractivity contribution in [1.82, 2.24) is 20.1 Å². The zero-order valence-electron chi connectivity index (χ0n) is 14.8. The Balaban J connectivity index is 1.33. The van der Waals surface area contributed by atoms with Gasteiger partial charge < -0.3 is 10.1 Å². The van der Waals surface area contributed by atoms with Gasteiger partial charge in [-0.1, -0.05) is 60.7 Å². The topological polar surface area (TPSA) is 52.0 Å². The summed E-state index contributed by atoms with van der Waals surface area (Å²) < 4.78 is 8.26. The van der Waals surface area contributed by atoms with E-state index in [1.165, 1.54) is 11.1 Å². The van der Waals surface area contributed by atoms with E-state index in [0.29, 0.717) is 12.6 Å². The molecule has 0 bridgehead atoms. The maximum Gasteiger partial charge on any atom is 0.138 e. The molecule has 4 rings (SSSR count). The summed E-state index contributed by atoms with van der Waals surface area (Å²) in [5, 5.41) is 7.87. The maximum atomic E-state index is 6.26. The Morgan fingerprint density at radius 2 is 1.73 bits per heavy atom. The minimum Gasteiger partial charge on any atom is -0.367 e. The van der Waals surface area contributed by atoms with Gasteiger partial charge in [-0.05, 0) is 17.5 Å². The highest BCUT2D eigenvalue weighted by molar-refractivity contribution is 5.29. The van der Waals surface area contributed by atoms with Gasteiger partial charge in [0.2, 0.25) is 0 Å². The van der Waals surface area contributed by atoms with Crippen molar-refractivity contribution in [2.45, 2.75) is 31.5 Å². The molecule has 0 saturated heterocycles. The second kappa shape index (κ2) is 8.25. The van der Waals surface area contributed by atoms with Crippen LogP contribution in [0.3, 0.4) is 0 Å². The van der Waals surface area contributed by atoms with Gasteiger partial charge in [0.15, 0.2) is 0 Å². The average Bonchev–Trinajstić information content (AvgIpc) is 3.17. The molecule has 0 aliphatic carbocycles. The van der Waals surface area contributed by atoms with E-state index in [1.807, 2.05) is 16.8 Å². The third kappa shape index (κ3) is 4.00. The number of hydrogen-bond donors (Lipinski definition) is 1. The second-order valence-corrected chi connectivity index (χ2v) is 6.62. The van der Waals surface area contributed by atoms with Crippen LogP contribution in [0.4, 0.5) is 0 Å². The van der Waals surface area contributed by atoms with Gasteiger partial charge in [-0.3, -0.25) is 0 Å². The number of nitrogens with zero attached hydrogens (tertiary/aromatic N) is 3. The predicted molar refractivity (Wildman–Crippen MR) is 101 cm³/mol. The minimum absolute atomic E-state index is 0.0347. The second-order valence-electron chi connectivity index (χ2n) is 6.62. The molecular formula is C21H24N4O. The van der Waals surface area contributed by atoms with Crippen molar-refractivity contribution in [3.63, 3.8) is 0 Å². The number of rotatable bonds is 7. The largest absolute Gasteiger partial charge is 0.367 e. The zero-order valence-corrected chi connectivity index (χ0v) is 14.8. The summed E-state index contributed by atoms with van der Waals surface area (Å²) in [6, 6.07) is 21.2. The van der Waals surface area contributed by atoms with Crippen LogP contribution in [-0.4, -0.2) is 34.0 Å². The first-order chi connectivity index (χ1) is 12.9. The van der Waals surface area contributed by atoms with Crippen LogP contribution in [-0.2, 0) is 17.7 Å². The summed E-state index contributed by atoms with van der Waals surface area (Å²) in [7, 11) is 0. The molecule has 0 fully saturated rings. The van der Waals surface area contributed by atoms with E-state index in [1.54, 1.807) is 6.33 Å². The quantitative estimate of drug-likeness (QED) is 0.667. The first-order valence-electron chi connectivity index (χ1n) is 9.22. The molecule has 5 nitrogen and oxygen atoms in total. The van der Waals surface area contributed by atoms with Gasteiger partial charge in [0.25, 0.3) is 0 Å². The van der Waals surface area contributed by atoms with Crippen LogP contribution in [0, 0.1) is 0 Å². The first-order valence-corrected chi connectivity index (χ1v) is 9.22. The van der Waals surface area contributed by atoms with E-state index in [4.69, 9.17) is 4.74 Å². The van der Waals surface area contributed by atoms with Crippen molar-refractivity contribution in [2.24, 2.45) is 0 Å². The molecule has 2 aromatic carbocycles. The molecule has 0 spiro atoms. The smallest absolute Gasteiger partial charge is 0.138 e. The van der Waals surface area contributed by atoms with Crippen LogP contribution in [0.25, 0.3) is 0 Å². The van der Waals surface area contributed by atoms with Gasteiger partial charge in [0, 0.05) is 19.0 Å². The SMILES string of the molecule is c1ccc(C(OCCN[C@@H]2CCc3ncnn3C2)c2ccccc2)cc1. The number of ether oxygens (including phenoxy) is 1. The molecule has 26 heavy (non-hydrogen) atoms. The fourth-order valence-electron chi connectivity index (χ4n) is 3.48. The highest BCUT2D eigenvalue weighted by atomic mass is 16.5. The zero-order chi connectivity index (χ0) is 17.6. The number of fused-ring (bicyclic) bond motifs is 1. The molecular weight excluding hydrogens is 324 g/mol. The maximum absolute atomic E-state index is 6.26. The van der Waals surface area contributed by atoms with Gasteiger partial charge >= 0.3 is 0 Å². The molecule has 1 atom stereocenters. The van der Waals surface area contributed by atoms with Crippen LogP contribution < -0.4 is 5.32 Å². The molecule has 1 N–H and O–H groups in total. The normalized spacial score (nSPS) is 16.6. The summed E-state index contributed by atoms with van der Waals surface area (Å²) in [5.41, 5.74) is 2.37. The predicted octanol–water partition coefficient (Wildman–Crippen LogP) is 2.99. The number of aryl methyl sites for hydroxylation is 1. The van der Waals surface area contributed by atoms with E-state index in [2.05, 4.69) is 63.9 Å². The molecule has 0 radical (unpaired) electrons. The highest BCUT2D eigenvalue weighted by Crippen LogP contribution is 2.25. The molecule has 0 unspecified atom stereocenters. The number of nitrogens with one attached hydrogen (secondary N) is 1. The summed E-state index contributed by atoms with van der Waals surface area (Å²) in [4.78, 5) is 4.28. The molecule has 1 aliphatic heterocycles. The van der Waals surface area contributed by atoms with Gasteiger partial charge in [-0.25, -0.2) is 9.67 Å². The summed E-state index contributed by atoms with van der Waals surface area (Å²) in [5.74, 6) is 1.09. The Hall–Kier alpha value is -2.50.